The van der Waals surface area contributed by atoms with Gasteiger partial charge in [0.2, 0.25) is 0 Å². The van der Waals surface area contributed by atoms with Gasteiger partial charge in [0.05, 0.1) is 11.5 Å². The molecule has 0 heterocycles. The Morgan fingerprint density at radius 1 is 0.885 bits per heavy atom. The van der Waals surface area contributed by atoms with E-state index in [1.54, 1.807) is 22.9 Å². The molecule has 2 aromatic carbocycles. The van der Waals surface area contributed by atoms with E-state index in [2.05, 4.69) is 0 Å². The van der Waals surface area contributed by atoms with Crippen LogP contribution in [0.4, 0.5) is 4.79 Å². The van der Waals surface area contributed by atoms with E-state index < -0.39 is 22.1 Å². The van der Waals surface area contributed by atoms with Crippen molar-refractivity contribution in [3.05, 3.63) is 66.2 Å². The highest BCUT2D eigenvalue weighted by atomic mass is 32.2. The maximum absolute atomic E-state index is 11.9. The highest BCUT2D eigenvalue weighted by molar-refractivity contribution is 7.90. The molecule has 0 aliphatic rings. The Balaban J connectivity index is 1.64. The molecule has 138 valence electrons. The van der Waals surface area contributed by atoms with Crippen LogP contribution in [0.1, 0.15) is 18.4 Å². The Labute approximate surface area is 152 Å². The maximum Gasteiger partial charge on any atom is 0.421 e. The van der Waals surface area contributed by atoms with E-state index in [9.17, 15) is 18.0 Å². The molecule has 0 atom stereocenters. The zero-order valence-corrected chi connectivity index (χ0v) is 14.8. The summed E-state index contributed by atoms with van der Waals surface area (Å²) in [6.07, 6.45) is -0.802. The standard InChI is InChI=1S/C18H19NO6S/c20-17(25-14-15-8-3-1-4-9-15)12-7-13-24-18(21)19-26(22,23)16-10-5-2-6-11-16/h1-6,8-11H,7,12-14H2,(H,19,21). The third-order valence-electron chi connectivity index (χ3n) is 3.27. The van der Waals surface area contributed by atoms with Crippen LogP contribution in [0.3, 0.4) is 0 Å². The van der Waals surface area contributed by atoms with Crippen LogP contribution in [0.2, 0.25) is 0 Å². The van der Waals surface area contributed by atoms with Crippen molar-refractivity contribution in [2.75, 3.05) is 6.61 Å². The average molecular weight is 377 g/mol. The lowest BCUT2D eigenvalue weighted by Gasteiger charge is -2.08. The first kappa shape index (κ1) is 19.5. The fourth-order valence-electron chi connectivity index (χ4n) is 1.99. The van der Waals surface area contributed by atoms with Gasteiger partial charge in [0.1, 0.15) is 6.61 Å². The summed E-state index contributed by atoms with van der Waals surface area (Å²) in [6, 6.07) is 16.7. The number of hydrogen-bond acceptors (Lipinski definition) is 6. The van der Waals surface area contributed by atoms with Crippen molar-refractivity contribution in [1.29, 1.82) is 0 Å². The number of sulfonamides is 1. The van der Waals surface area contributed by atoms with Gasteiger partial charge in [-0.2, -0.15) is 0 Å². The number of nitrogens with one attached hydrogen (secondary N) is 1. The van der Waals surface area contributed by atoms with E-state index in [0.29, 0.717) is 0 Å². The summed E-state index contributed by atoms with van der Waals surface area (Å²) in [5.41, 5.74) is 0.877. The van der Waals surface area contributed by atoms with E-state index in [1.807, 2.05) is 30.3 Å². The lowest BCUT2D eigenvalue weighted by atomic mass is 10.2. The maximum atomic E-state index is 11.9. The first-order chi connectivity index (χ1) is 12.5. The Kier molecular flexibility index (Phi) is 7.16. The molecule has 1 amide bonds. The first-order valence-electron chi connectivity index (χ1n) is 7.91. The summed E-state index contributed by atoms with van der Waals surface area (Å²) in [5.74, 6) is -0.422. The van der Waals surface area contributed by atoms with E-state index >= 15 is 0 Å². The van der Waals surface area contributed by atoms with Crippen LogP contribution >= 0.6 is 0 Å². The van der Waals surface area contributed by atoms with Crippen LogP contribution < -0.4 is 4.72 Å². The molecule has 0 unspecified atom stereocenters. The van der Waals surface area contributed by atoms with Crippen LogP contribution in [0.5, 0.6) is 0 Å². The molecule has 7 nitrogen and oxygen atoms in total. The molecule has 0 aromatic heterocycles. The average Bonchev–Trinajstić information content (AvgIpc) is 2.65. The predicted molar refractivity (Wildman–Crippen MR) is 93.6 cm³/mol. The van der Waals surface area contributed by atoms with Crippen molar-refractivity contribution in [2.45, 2.75) is 24.3 Å². The molecule has 0 aliphatic heterocycles. The van der Waals surface area contributed by atoms with Crippen LogP contribution in [0.15, 0.2) is 65.6 Å². The first-order valence-corrected chi connectivity index (χ1v) is 9.40. The molecule has 0 bridgehead atoms. The molecule has 0 fully saturated rings. The number of esters is 1. The molecule has 0 saturated carbocycles. The Morgan fingerprint density at radius 2 is 1.50 bits per heavy atom. The third-order valence-corrected chi connectivity index (χ3v) is 4.60. The van der Waals surface area contributed by atoms with Crippen molar-refractivity contribution in [2.24, 2.45) is 0 Å². The number of carbonyl (C=O) groups excluding carboxylic acids is 2. The summed E-state index contributed by atoms with van der Waals surface area (Å²) < 4.78 is 35.5. The van der Waals surface area contributed by atoms with Gasteiger partial charge in [-0.25, -0.2) is 17.9 Å². The molecule has 26 heavy (non-hydrogen) atoms. The van der Waals surface area contributed by atoms with Gasteiger partial charge in [-0.05, 0) is 24.1 Å². The summed E-state index contributed by atoms with van der Waals surface area (Å²) in [7, 11) is -3.97. The van der Waals surface area contributed by atoms with Crippen LogP contribution in [0, 0.1) is 0 Å². The lowest BCUT2D eigenvalue weighted by molar-refractivity contribution is -0.145. The monoisotopic (exact) mass is 377 g/mol. The van der Waals surface area contributed by atoms with Crippen molar-refractivity contribution in [1.82, 2.24) is 4.72 Å². The Hall–Kier alpha value is -2.87. The normalized spacial score (nSPS) is 10.8. The molecule has 0 spiro atoms. The minimum atomic E-state index is -3.97. The van der Waals surface area contributed by atoms with E-state index in [1.165, 1.54) is 12.1 Å². The number of hydrogen-bond donors (Lipinski definition) is 1. The molecule has 2 aromatic rings. The zero-order chi connectivity index (χ0) is 18.8. The summed E-state index contributed by atoms with van der Waals surface area (Å²) in [4.78, 5) is 23.1. The van der Waals surface area contributed by atoms with Gasteiger partial charge < -0.3 is 9.47 Å². The number of rotatable bonds is 8. The molecule has 1 N–H and O–H groups in total. The van der Waals surface area contributed by atoms with Crippen molar-refractivity contribution >= 4 is 22.1 Å². The molecule has 0 saturated heterocycles. The smallest absolute Gasteiger partial charge is 0.421 e. The van der Waals surface area contributed by atoms with Crippen LogP contribution in [-0.4, -0.2) is 27.1 Å². The largest absolute Gasteiger partial charge is 0.461 e. The molecule has 0 aliphatic carbocycles. The fraction of sp³-hybridized carbons (Fsp3) is 0.222. The van der Waals surface area contributed by atoms with E-state index in [4.69, 9.17) is 9.47 Å². The quantitative estimate of drug-likeness (QED) is 0.561. The molecular weight excluding hydrogens is 358 g/mol. The number of carbonyl (C=O) groups is 2. The van der Waals surface area contributed by atoms with E-state index in [-0.39, 0.29) is 31.0 Å². The zero-order valence-electron chi connectivity index (χ0n) is 14.0. The second kappa shape index (κ2) is 9.57. The fourth-order valence-corrected chi connectivity index (χ4v) is 2.90. The summed E-state index contributed by atoms with van der Waals surface area (Å²) in [6.45, 7) is 0.0763. The highest BCUT2D eigenvalue weighted by Crippen LogP contribution is 2.07. The predicted octanol–water partition coefficient (Wildman–Crippen LogP) is 2.63. The van der Waals surface area contributed by atoms with Crippen molar-refractivity contribution in [3.8, 4) is 0 Å². The van der Waals surface area contributed by atoms with Crippen molar-refractivity contribution in [3.63, 3.8) is 0 Å². The number of benzene rings is 2. The highest BCUT2D eigenvalue weighted by Gasteiger charge is 2.17. The van der Waals surface area contributed by atoms with Crippen LogP contribution in [-0.2, 0) is 30.9 Å². The Bertz CT molecular complexity index is 821. The molecular formula is C18H19NO6S. The Morgan fingerprint density at radius 3 is 2.15 bits per heavy atom. The minimum Gasteiger partial charge on any atom is -0.461 e. The molecule has 8 heteroatoms. The van der Waals surface area contributed by atoms with Gasteiger partial charge in [0, 0.05) is 6.42 Å². The van der Waals surface area contributed by atoms with Gasteiger partial charge >= 0.3 is 12.1 Å². The second-order valence-electron chi connectivity index (χ2n) is 5.30. The molecule has 0 radical (unpaired) electrons. The third kappa shape index (κ3) is 6.56. The minimum absolute atomic E-state index is 0.0403. The van der Waals surface area contributed by atoms with Crippen LogP contribution in [0.25, 0.3) is 0 Å². The van der Waals surface area contributed by atoms with Gasteiger partial charge in [-0.15, -0.1) is 0 Å². The van der Waals surface area contributed by atoms with Gasteiger partial charge in [-0.1, -0.05) is 48.5 Å². The number of amides is 1. The van der Waals surface area contributed by atoms with Gasteiger partial charge in [-0.3, -0.25) is 4.79 Å². The summed E-state index contributed by atoms with van der Waals surface area (Å²) in [5, 5.41) is 0. The lowest BCUT2D eigenvalue weighted by Crippen LogP contribution is -2.31. The topological polar surface area (TPSA) is 98.8 Å². The van der Waals surface area contributed by atoms with Crippen molar-refractivity contribution < 1.29 is 27.5 Å². The number of ether oxygens (including phenoxy) is 2. The molecule has 2 rings (SSSR count). The SMILES string of the molecule is O=C(CCCOC(=O)NS(=O)(=O)c1ccccc1)OCc1ccccc1. The van der Waals surface area contributed by atoms with E-state index in [0.717, 1.165) is 5.56 Å². The van der Waals surface area contributed by atoms with Gasteiger partial charge in [0.15, 0.2) is 0 Å². The summed E-state index contributed by atoms with van der Waals surface area (Å²) >= 11 is 0. The van der Waals surface area contributed by atoms with Gasteiger partial charge in [0.25, 0.3) is 10.0 Å². The second-order valence-corrected chi connectivity index (χ2v) is 6.99.